The molecule has 0 bridgehead atoms. The Bertz CT molecular complexity index is 478. The van der Waals surface area contributed by atoms with Crippen molar-refractivity contribution in [2.45, 2.75) is 109 Å². The fraction of sp³-hybridized carbons (Fsp3) is 0.905. The second-order valence-electron chi connectivity index (χ2n) is 8.89. The van der Waals surface area contributed by atoms with Crippen molar-refractivity contribution in [1.29, 1.82) is 0 Å². The fourth-order valence-electron chi connectivity index (χ4n) is 4.45. The topological polar surface area (TPSA) is 61.4 Å². The van der Waals surface area contributed by atoms with Gasteiger partial charge in [0.25, 0.3) is 5.91 Å². The number of nitrogens with zero attached hydrogens (tertiary/aromatic N) is 1. The summed E-state index contributed by atoms with van der Waals surface area (Å²) in [5, 5.41) is 6.43. The lowest BCUT2D eigenvalue weighted by atomic mass is 9.78. The van der Waals surface area contributed by atoms with E-state index in [9.17, 15) is 9.59 Å². The first-order chi connectivity index (χ1) is 12.4. The average molecular weight is 366 g/mol. The number of carbonyl (C=O) groups is 2. The summed E-state index contributed by atoms with van der Waals surface area (Å²) in [7, 11) is 0. The van der Waals surface area contributed by atoms with Crippen LogP contribution in [0.2, 0.25) is 0 Å². The summed E-state index contributed by atoms with van der Waals surface area (Å²) in [6.07, 6.45) is 13.9. The average Bonchev–Trinajstić information content (AvgIpc) is 2.79. The molecule has 1 spiro atoms. The maximum absolute atomic E-state index is 12.9. The molecule has 0 aromatic rings. The van der Waals surface area contributed by atoms with Crippen LogP contribution in [-0.4, -0.2) is 41.0 Å². The summed E-state index contributed by atoms with van der Waals surface area (Å²) in [5.41, 5.74) is -0.793. The Labute approximate surface area is 159 Å². The lowest BCUT2D eigenvalue weighted by Crippen LogP contribution is -2.61. The molecule has 26 heavy (non-hydrogen) atoms. The maximum atomic E-state index is 12.9. The summed E-state index contributed by atoms with van der Waals surface area (Å²) in [6, 6.07) is -0.191. The van der Waals surface area contributed by atoms with Gasteiger partial charge in [-0.2, -0.15) is 0 Å². The highest BCUT2D eigenvalue weighted by molar-refractivity contribution is 6.07. The molecular weight excluding hydrogens is 326 g/mol. The van der Waals surface area contributed by atoms with Gasteiger partial charge >= 0.3 is 6.03 Å². The molecule has 0 saturated carbocycles. The van der Waals surface area contributed by atoms with Crippen LogP contribution in [0.25, 0.3) is 0 Å². The first kappa shape index (κ1) is 21.2. The van der Waals surface area contributed by atoms with Gasteiger partial charge < -0.3 is 10.6 Å². The quantitative estimate of drug-likeness (QED) is 0.422. The van der Waals surface area contributed by atoms with Crippen LogP contribution in [0.1, 0.15) is 97.8 Å². The predicted molar refractivity (Wildman–Crippen MR) is 106 cm³/mol. The molecule has 2 saturated heterocycles. The lowest BCUT2D eigenvalue weighted by Gasteiger charge is -2.41. The first-order valence-electron chi connectivity index (χ1n) is 10.8. The van der Waals surface area contributed by atoms with Crippen molar-refractivity contribution in [3.8, 4) is 0 Å². The molecule has 1 unspecified atom stereocenters. The van der Waals surface area contributed by atoms with Crippen LogP contribution < -0.4 is 10.6 Å². The van der Waals surface area contributed by atoms with Crippen molar-refractivity contribution in [1.82, 2.24) is 15.5 Å². The van der Waals surface area contributed by atoms with Gasteiger partial charge in [0, 0.05) is 12.1 Å². The van der Waals surface area contributed by atoms with Gasteiger partial charge in [0.15, 0.2) is 0 Å². The van der Waals surface area contributed by atoms with Crippen LogP contribution in [0.3, 0.4) is 0 Å². The van der Waals surface area contributed by atoms with Crippen LogP contribution in [0.15, 0.2) is 0 Å². The number of carbonyl (C=O) groups excluding carboxylic acids is 2. The number of imide groups is 1. The highest BCUT2D eigenvalue weighted by Crippen LogP contribution is 2.33. The molecule has 2 N–H and O–H groups in total. The Morgan fingerprint density at radius 1 is 0.923 bits per heavy atom. The van der Waals surface area contributed by atoms with E-state index in [0.717, 1.165) is 19.4 Å². The third kappa shape index (κ3) is 5.70. The summed E-state index contributed by atoms with van der Waals surface area (Å²) in [6.45, 7) is 7.78. The summed E-state index contributed by atoms with van der Waals surface area (Å²) >= 11 is 0. The Hall–Kier alpha value is -1.10. The molecule has 0 aromatic heterocycles. The van der Waals surface area contributed by atoms with Gasteiger partial charge in [-0.15, -0.1) is 0 Å². The Morgan fingerprint density at radius 3 is 2.08 bits per heavy atom. The molecule has 0 aromatic carbocycles. The number of piperidine rings is 1. The van der Waals surface area contributed by atoms with Crippen molar-refractivity contribution in [3.63, 3.8) is 0 Å². The van der Waals surface area contributed by atoms with Gasteiger partial charge in [-0.05, 0) is 39.7 Å². The monoisotopic (exact) mass is 365 g/mol. The van der Waals surface area contributed by atoms with Crippen molar-refractivity contribution in [2.24, 2.45) is 0 Å². The normalized spacial score (nSPS) is 25.1. The molecule has 1 atom stereocenters. The van der Waals surface area contributed by atoms with Gasteiger partial charge in [0.05, 0.1) is 0 Å². The number of nitrogens with one attached hydrogen (secondary N) is 2. The van der Waals surface area contributed by atoms with E-state index in [1.807, 2.05) is 0 Å². The molecule has 2 rings (SSSR count). The molecule has 5 nitrogen and oxygen atoms in total. The Morgan fingerprint density at radius 2 is 1.50 bits per heavy atom. The smallest absolute Gasteiger partial charge is 0.323 e. The molecule has 3 amide bonds. The van der Waals surface area contributed by atoms with Crippen molar-refractivity contribution in [2.75, 3.05) is 13.1 Å². The van der Waals surface area contributed by atoms with Gasteiger partial charge in [-0.25, -0.2) is 4.79 Å². The summed E-state index contributed by atoms with van der Waals surface area (Å²) in [4.78, 5) is 26.7. The molecule has 2 aliphatic rings. The van der Waals surface area contributed by atoms with E-state index in [0.29, 0.717) is 19.4 Å². The summed E-state index contributed by atoms with van der Waals surface area (Å²) < 4.78 is 0. The standard InChI is InChI=1S/C21H39N3O2/c1-4-5-6-7-8-9-10-11-12-13-16-24-18(25)21(23-19(24)26)14-15-22-20(2,3)17-21/h22H,4-17H2,1-3H3,(H,23,26). The van der Waals surface area contributed by atoms with Crippen LogP contribution in [-0.2, 0) is 4.79 Å². The molecular formula is C21H39N3O2. The van der Waals surface area contributed by atoms with Gasteiger partial charge in [-0.1, -0.05) is 64.7 Å². The minimum Gasteiger partial charge on any atom is -0.323 e. The number of rotatable bonds is 11. The Balaban J connectivity index is 1.64. The van der Waals surface area contributed by atoms with Crippen LogP contribution in [0, 0.1) is 0 Å². The zero-order valence-electron chi connectivity index (χ0n) is 17.2. The highest BCUT2D eigenvalue weighted by Gasteiger charge is 2.54. The lowest BCUT2D eigenvalue weighted by molar-refractivity contribution is -0.133. The van der Waals surface area contributed by atoms with E-state index in [4.69, 9.17) is 0 Å². The van der Waals surface area contributed by atoms with Crippen molar-refractivity contribution >= 4 is 11.9 Å². The van der Waals surface area contributed by atoms with Crippen LogP contribution >= 0.6 is 0 Å². The predicted octanol–water partition coefficient (Wildman–Crippen LogP) is 4.36. The van der Waals surface area contributed by atoms with E-state index in [2.05, 4.69) is 31.4 Å². The largest absolute Gasteiger partial charge is 0.325 e. The molecule has 2 heterocycles. The van der Waals surface area contributed by atoms with E-state index in [1.165, 1.54) is 56.3 Å². The van der Waals surface area contributed by atoms with Gasteiger partial charge in [-0.3, -0.25) is 9.69 Å². The second kappa shape index (κ2) is 9.72. The number of hydrogen-bond donors (Lipinski definition) is 2. The van der Waals surface area contributed by atoms with Crippen LogP contribution in [0.4, 0.5) is 4.79 Å². The van der Waals surface area contributed by atoms with Gasteiger partial charge in [0.2, 0.25) is 0 Å². The zero-order chi connectivity index (χ0) is 19.0. The third-order valence-corrected chi connectivity index (χ3v) is 5.88. The van der Waals surface area contributed by atoms with E-state index >= 15 is 0 Å². The van der Waals surface area contributed by atoms with Crippen molar-refractivity contribution < 1.29 is 9.59 Å². The minimum absolute atomic E-state index is 0.00648. The SMILES string of the molecule is CCCCCCCCCCCCN1C(=O)NC2(CCNC(C)(C)C2)C1=O. The Kier molecular flexibility index (Phi) is 7.93. The number of unbranched alkanes of at least 4 members (excludes halogenated alkanes) is 9. The molecule has 2 fully saturated rings. The second-order valence-corrected chi connectivity index (χ2v) is 8.89. The molecule has 2 aliphatic heterocycles. The molecule has 150 valence electrons. The van der Waals surface area contributed by atoms with E-state index in [1.54, 1.807) is 0 Å². The van der Waals surface area contributed by atoms with Crippen molar-refractivity contribution in [3.05, 3.63) is 0 Å². The van der Waals surface area contributed by atoms with E-state index in [-0.39, 0.29) is 17.5 Å². The first-order valence-corrected chi connectivity index (χ1v) is 10.8. The zero-order valence-corrected chi connectivity index (χ0v) is 17.2. The fourth-order valence-corrected chi connectivity index (χ4v) is 4.45. The molecule has 5 heteroatoms. The maximum Gasteiger partial charge on any atom is 0.325 e. The third-order valence-electron chi connectivity index (χ3n) is 5.88. The number of amides is 3. The number of hydrogen-bond acceptors (Lipinski definition) is 3. The van der Waals surface area contributed by atoms with Crippen LogP contribution in [0.5, 0.6) is 0 Å². The molecule has 0 aliphatic carbocycles. The van der Waals surface area contributed by atoms with Gasteiger partial charge in [0.1, 0.15) is 5.54 Å². The number of urea groups is 1. The molecule has 0 radical (unpaired) electrons. The van der Waals surface area contributed by atoms with E-state index < -0.39 is 5.54 Å². The minimum atomic E-state index is -0.676. The highest BCUT2D eigenvalue weighted by atomic mass is 16.2. The summed E-state index contributed by atoms with van der Waals surface area (Å²) in [5.74, 6) is -0.00648.